The Bertz CT molecular complexity index is 402. The van der Waals surface area contributed by atoms with E-state index in [4.69, 9.17) is 4.74 Å². The van der Waals surface area contributed by atoms with Crippen LogP contribution in [0.2, 0.25) is 0 Å². The molecule has 1 heterocycles. The zero-order chi connectivity index (χ0) is 14.2. The molecule has 0 aromatic carbocycles. The summed E-state index contributed by atoms with van der Waals surface area (Å²) in [6.45, 7) is 3.12. The summed E-state index contributed by atoms with van der Waals surface area (Å²) < 4.78 is 5.81. The molecule has 1 N–H and O–H groups in total. The number of hydrogen-bond donors (Lipinski definition) is 1. The first-order valence-corrected chi connectivity index (χ1v) is 7.81. The van der Waals surface area contributed by atoms with E-state index < -0.39 is 5.54 Å². The monoisotopic (exact) mass is 280 g/mol. The fourth-order valence-electron chi connectivity index (χ4n) is 3.46. The first kappa shape index (κ1) is 13.9. The summed E-state index contributed by atoms with van der Waals surface area (Å²) in [5.74, 6) is 0.340. The van der Waals surface area contributed by atoms with Gasteiger partial charge in [0.15, 0.2) is 0 Å². The molecular formula is C15H24N2O3. The molecule has 2 amide bonds. The van der Waals surface area contributed by atoms with Gasteiger partial charge in [-0.2, -0.15) is 0 Å². The molecule has 3 fully saturated rings. The van der Waals surface area contributed by atoms with E-state index in [2.05, 4.69) is 5.32 Å². The summed E-state index contributed by atoms with van der Waals surface area (Å²) in [5.41, 5.74) is -0.678. The Labute approximate surface area is 120 Å². The predicted octanol–water partition coefficient (Wildman–Crippen LogP) is 1.07. The van der Waals surface area contributed by atoms with Gasteiger partial charge in [0.25, 0.3) is 0 Å². The first-order valence-electron chi connectivity index (χ1n) is 7.81. The molecule has 1 unspecified atom stereocenters. The second-order valence-corrected chi connectivity index (χ2v) is 6.53. The minimum Gasteiger partial charge on any atom is -0.376 e. The predicted molar refractivity (Wildman–Crippen MR) is 74.1 cm³/mol. The van der Waals surface area contributed by atoms with E-state index in [1.54, 1.807) is 4.90 Å². The lowest BCUT2D eigenvalue weighted by atomic mass is 9.91. The molecule has 3 rings (SSSR count). The molecule has 0 radical (unpaired) electrons. The average molecular weight is 280 g/mol. The zero-order valence-electron chi connectivity index (χ0n) is 12.2. The Hall–Kier alpha value is -1.10. The van der Waals surface area contributed by atoms with Crippen molar-refractivity contribution in [3.8, 4) is 0 Å². The van der Waals surface area contributed by atoms with Crippen LogP contribution < -0.4 is 5.32 Å². The highest BCUT2D eigenvalue weighted by Crippen LogP contribution is 2.41. The van der Waals surface area contributed by atoms with Crippen molar-refractivity contribution in [2.75, 3.05) is 19.7 Å². The molecule has 0 aromatic heterocycles. The van der Waals surface area contributed by atoms with Crippen molar-refractivity contribution >= 4 is 11.8 Å². The maximum Gasteiger partial charge on any atom is 0.248 e. The van der Waals surface area contributed by atoms with Gasteiger partial charge in [-0.25, -0.2) is 0 Å². The summed E-state index contributed by atoms with van der Waals surface area (Å²) in [7, 11) is 0. The van der Waals surface area contributed by atoms with E-state index in [1.165, 1.54) is 12.8 Å². The van der Waals surface area contributed by atoms with Crippen LogP contribution in [-0.4, -0.2) is 48.1 Å². The highest BCUT2D eigenvalue weighted by Gasteiger charge is 2.52. The number of nitrogens with zero attached hydrogens (tertiary/aromatic N) is 1. The van der Waals surface area contributed by atoms with Crippen LogP contribution in [0.3, 0.4) is 0 Å². The van der Waals surface area contributed by atoms with E-state index in [0.29, 0.717) is 25.2 Å². The third-order valence-electron chi connectivity index (χ3n) is 4.88. The lowest BCUT2D eigenvalue weighted by Crippen LogP contribution is -2.66. The van der Waals surface area contributed by atoms with Crippen molar-refractivity contribution in [3.05, 3.63) is 0 Å². The molecule has 2 aliphatic carbocycles. The van der Waals surface area contributed by atoms with Gasteiger partial charge in [0.05, 0.1) is 19.3 Å². The van der Waals surface area contributed by atoms with E-state index in [9.17, 15) is 9.59 Å². The number of rotatable bonds is 5. The quantitative estimate of drug-likeness (QED) is 0.819. The van der Waals surface area contributed by atoms with Crippen molar-refractivity contribution < 1.29 is 14.3 Å². The van der Waals surface area contributed by atoms with Crippen LogP contribution in [0.25, 0.3) is 0 Å². The van der Waals surface area contributed by atoms with Crippen LogP contribution >= 0.6 is 0 Å². The Balaban J connectivity index is 1.54. The molecule has 5 heteroatoms. The smallest absolute Gasteiger partial charge is 0.248 e. The van der Waals surface area contributed by atoms with Gasteiger partial charge in [0.1, 0.15) is 5.54 Å². The third-order valence-corrected chi connectivity index (χ3v) is 4.88. The minimum atomic E-state index is -0.678. The van der Waals surface area contributed by atoms with E-state index in [1.807, 2.05) is 6.92 Å². The van der Waals surface area contributed by atoms with E-state index in [-0.39, 0.29) is 18.4 Å². The number of hydrogen-bond acceptors (Lipinski definition) is 3. The van der Waals surface area contributed by atoms with Crippen LogP contribution in [0.1, 0.15) is 45.4 Å². The standard InChI is InChI=1S/C15H24N2O3/c1-15(11-6-7-11)14(19)17(10-13(18)16-15)8-9-20-12-4-2-3-5-12/h11-12H,2-10H2,1H3,(H,16,18). The highest BCUT2D eigenvalue weighted by atomic mass is 16.5. The minimum absolute atomic E-state index is 0.0418. The number of amides is 2. The highest BCUT2D eigenvalue weighted by molar-refractivity contribution is 5.98. The molecule has 1 atom stereocenters. The molecular weight excluding hydrogens is 256 g/mol. The van der Waals surface area contributed by atoms with Gasteiger partial charge < -0.3 is 15.0 Å². The van der Waals surface area contributed by atoms with E-state index >= 15 is 0 Å². The molecule has 2 saturated carbocycles. The lowest BCUT2D eigenvalue weighted by Gasteiger charge is -2.40. The van der Waals surface area contributed by atoms with Crippen molar-refractivity contribution in [2.45, 2.75) is 57.1 Å². The van der Waals surface area contributed by atoms with Crippen LogP contribution in [-0.2, 0) is 14.3 Å². The van der Waals surface area contributed by atoms with Crippen LogP contribution in [0, 0.1) is 5.92 Å². The van der Waals surface area contributed by atoms with Crippen molar-refractivity contribution in [1.82, 2.24) is 10.2 Å². The number of piperazine rings is 1. The van der Waals surface area contributed by atoms with Crippen LogP contribution in [0.15, 0.2) is 0 Å². The van der Waals surface area contributed by atoms with Gasteiger partial charge in [0.2, 0.25) is 11.8 Å². The second-order valence-electron chi connectivity index (χ2n) is 6.53. The molecule has 20 heavy (non-hydrogen) atoms. The van der Waals surface area contributed by atoms with Crippen molar-refractivity contribution in [2.24, 2.45) is 5.92 Å². The molecule has 0 spiro atoms. The summed E-state index contributed by atoms with van der Waals surface area (Å²) in [4.78, 5) is 26.1. The molecule has 3 aliphatic rings. The summed E-state index contributed by atoms with van der Waals surface area (Å²) in [6, 6.07) is 0. The van der Waals surface area contributed by atoms with Gasteiger partial charge in [-0.3, -0.25) is 9.59 Å². The van der Waals surface area contributed by atoms with E-state index in [0.717, 1.165) is 25.7 Å². The van der Waals surface area contributed by atoms with Gasteiger partial charge in [-0.15, -0.1) is 0 Å². The fourth-order valence-corrected chi connectivity index (χ4v) is 3.46. The molecule has 1 saturated heterocycles. The maximum absolute atomic E-state index is 12.6. The third kappa shape index (κ3) is 2.68. The largest absolute Gasteiger partial charge is 0.376 e. The lowest BCUT2D eigenvalue weighted by molar-refractivity contribution is -0.151. The normalized spacial score (nSPS) is 31.8. The van der Waals surface area contributed by atoms with Gasteiger partial charge in [-0.05, 0) is 38.5 Å². The van der Waals surface area contributed by atoms with Gasteiger partial charge in [0, 0.05) is 6.54 Å². The summed E-state index contributed by atoms with van der Waals surface area (Å²) in [5, 5.41) is 2.90. The van der Waals surface area contributed by atoms with Gasteiger partial charge >= 0.3 is 0 Å². The van der Waals surface area contributed by atoms with Crippen LogP contribution in [0.4, 0.5) is 0 Å². The molecule has 0 bridgehead atoms. The Morgan fingerprint density at radius 3 is 2.60 bits per heavy atom. The SMILES string of the molecule is CC1(C2CC2)NC(=O)CN(CCOC2CCCC2)C1=O. The summed E-state index contributed by atoms with van der Waals surface area (Å²) >= 11 is 0. The second kappa shape index (κ2) is 5.35. The summed E-state index contributed by atoms with van der Waals surface area (Å²) in [6.07, 6.45) is 7.19. The molecule has 5 nitrogen and oxygen atoms in total. The Morgan fingerprint density at radius 1 is 1.25 bits per heavy atom. The van der Waals surface area contributed by atoms with Gasteiger partial charge in [-0.1, -0.05) is 12.8 Å². The Morgan fingerprint density at radius 2 is 1.95 bits per heavy atom. The topological polar surface area (TPSA) is 58.6 Å². The molecule has 1 aliphatic heterocycles. The number of ether oxygens (including phenoxy) is 1. The average Bonchev–Trinajstić information content (AvgIpc) is 3.15. The van der Waals surface area contributed by atoms with Crippen molar-refractivity contribution in [1.29, 1.82) is 0 Å². The first-order chi connectivity index (χ1) is 9.59. The molecule has 112 valence electrons. The fraction of sp³-hybridized carbons (Fsp3) is 0.867. The number of nitrogens with one attached hydrogen (secondary N) is 1. The maximum atomic E-state index is 12.6. The number of carbonyl (C=O) groups excluding carboxylic acids is 2. The van der Waals surface area contributed by atoms with Crippen LogP contribution in [0.5, 0.6) is 0 Å². The Kier molecular flexibility index (Phi) is 3.71. The number of carbonyl (C=O) groups is 2. The zero-order valence-corrected chi connectivity index (χ0v) is 12.2. The van der Waals surface area contributed by atoms with Crippen molar-refractivity contribution in [3.63, 3.8) is 0 Å². The molecule has 0 aromatic rings.